The van der Waals surface area contributed by atoms with Crippen LogP contribution < -0.4 is 11.1 Å². The van der Waals surface area contributed by atoms with Gasteiger partial charge in [0.2, 0.25) is 11.9 Å². The maximum absolute atomic E-state index is 13.8. The number of aromatic amines is 1. The average Bonchev–Trinajstić information content (AvgIpc) is 3.08. The highest BCUT2D eigenvalue weighted by Gasteiger charge is 2.36. The molecule has 0 spiro atoms. The summed E-state index contributed by atoms with van der Waals surface area (Å²) in [5.74, 6) is 0.00358. The van der Waals surface area contributed by atoms with E-state index in [2.05, 4.69) is 20.5 Å². The van der Waals surface area contributed by atoms with Crippen molar-refractivity contribution in [3.63, 3.8) is 0 Å². The van der Waals surface area contributed by atoms with Crippen LogP contribution >= 0.6 is 11.6 Å². The Morgan fingerprint density at radius 2 is 1.94 bits per heavy atom. The Kier molecular flexibility index (Phi) is 5.64. The maximum atomic E-state index is 13.8. The van der Waals surface area contributed by atoms with Gasteiger partial charge in [-0.2, -0.15) is 18.2 Å². The molecule has 1 unspecified atom stereocenters. The number of halogens is 4. The van der Waals surface area contributed by atoms with Crippen molar-refractivity contribution in [2.45, 2.75) is 17.2 Å². The van der Waals surface area contributed by atoms with Crippen molar-refractivity contribution in [3.8, 4) is 11.1 Å². The maximum Gasteiger partial charge on any atom is 0.417 e. The number of hydrogen-bond donors (Lipinski definition) is 4. The minimum absolute atomic E-state index is 0.00242. The zero-order valence-electron chi connectivity index (χ0n) is 15.7. The van der Waals surface area contributed by atoms with E-state index in [0.29, 0.717) is 4.90 Å². The highest BCUT2D eigenvalue weighted by molar-refractivity contribution is 7.82. The summed E-state index contributed by atoms with van der Waals surface area (Å²) in [6.45, 7) is 0.562. The van der Waals surface area contributed by atoms with E-state index in [1.54, 1.807) is 4.31 Å². The molecule has 1 fully saturated rings. The van der Waals surface area contributed by atoms with Crippen molar-refractivity contribution < 1.29 is 22.5 Å². The van der Waals surface area contributed by atoms with Crippen molar-refractivity contribution in [2.24, 2.45) is 0 Å². The number of nitrogens with zero attached hydrogens (tertiary/aromatic N) is 3. The molecule has 1 aliphatic rings. The number of H-pyrrole nitrogens is 1. The van der Waals surface area contributed by atoms with Gasteiger partial charge in [0, 0.05) is 24.3 Å². The Labute approximate surface area is 181 Å². The highest BCUT2D eigenvalue weighted by Crippen LogP contribution is 2.43. The van der Waals surface area contributed by atoms with Crippen LogP contribution in [0.25, 0.3) is 11.1 Å². The van der Waals surface area contributed by atoms with Gasteiger partial charge in [0.1, 0.15) is 11.0 Å². The molecule has 0 radical (unpaired) electrons. The van der Waals surface area contributed by atoms with E-state index in [9.17, 15) is 22.5 Å². The number of nitrogens with two attached hydrogens (primary N) is 1. The highest BCUT2D eigenvalue weighted by atomic mass is 35.5. The van der Waals surface area contributed by atoms with Crippen molar-refractivity contribution in [3.05, 3.63) is 47.0 Å². The van der Waals surface area contributed by atoms with E-state index < -0.39 is 28.8 Å². The molecule has 13 heteroatoms. The second-order valence-corrected chi connectivity index (χ2v) is 8.72. The molecule has 1 saturated heterocycles. The predicted molar refractivity (Wildman–Crippen MR) is 110 cm³/mol. The standard InChI is InChI=1S/C18H16ClF3N6O2S/c19-14-6-10(24-17-25-16(23)26-27-17)5-13(18(20,21)22)15(14)9-1-3-12(4-2-9)31(30)28-7-11(29)8-28/h1-6,11,29H,7-8H2,(H4,23,24,25,26,27). The number of rotatable bonds is 5. The first-order valence-corrected chi connectivity index (χ1v) is 10.4. The van der Waals surface area contributed by atoms with Crippen molar-refractivity contribution in [1.29, 1.82) is 0 Å². The largest absolute Gasteiger partial charge is 0.417 e. The lowest BCUT2D eigenvalue weighted by molar-refractivity contribution is -0.137. The van der Waals surface area contributed by atoms with Gasteiger partial charge in [-0.05, 0) is 29.8 Å². The number of aliphatic hydroxyl groups is 1. The summed E-state index contributed by atoms with van der Waals surface area (Å²) in [6.07, 6.45) is -5.21. The quantitative estimate of drug-likeness (QED) is 0.452. The first-order valence-electron chi connectivity index (χ1n) is 8.93. The van der Waals surface area contributed by atoms with Gasteiger partial charge in [0.25, 0.3) is 0 Å². The van der Waals surface area contributed by atoms with Gasteiger partial charge in [0.15, 0.2) is 0 Å². The summed E-state index contributed by atoms with van der Waals surface area (Å²) in [6, 6.07) is 8.06. The van der Waals surface area contributed by atoms with Crippen LogP contribution in [0.1, 0.15) is 5.56 Å². The van der Waals surface area contributed by atoms with Gasteiger partial charge in [-0.1, -0.05) is 23.7 Å². The lowest BCUT2D eigenvalue weighted by atomic mass is 9.98. The molecule has 0 bridgehead atoms. The molecule has 0 saturated carbocycles. The summed E-state index contributed by atoms with van der Waals surface area (Å²) in [5.41, 5.74) is 4.52. The van der Waals surface area contributed by atoms with E-state index in [4.69, 9.17) is 17.3 Å². The zero-order valence-corrected chi connectivity index (χ0v) is 17.2. The van der Waals surface area contributed by atoms with Crippen LogP contribution in [-0.2, 0) is 17.2 Å². The lowest BCUT2D eigenvalue weighted by Crippen LogP contribution is -2.51. The SMILES string of the molecule is Nc1nc(Nc2cc(Cl)c(-c3ccc(S(=O)N4CC(O)C4)cc3)c(C(F)(F)F)c2)n[nH]1. The fraction of sp³-hybridized carbons (Fsp3) is 0.222. The molecule has 2 aromatic carbocycles. The molecule has 5 N–H and O–H groups in total. The molecule has 2 heterocycles. The van der Waals surface area contributed by atoms with Crippen LogP contribution in [0.3, 0.4) is 0 Å². The molecule has 8 nitrogen and oxygen atoms in total. The molecule has 1 aromatic heterocycles. The molecule has 3 aromatic rings. The fourth-order valence-electron chi connectivity index (χ4n) is 3.09. The van der Waals surface area contributed by atoms with Crippen LogP contribution in [-0.4, -0.2) is 48.0 Å². The summed E-state index contributed by atoms with van der Waals surface area (Å²) in [4.78, 5) is 4.21. The molecular weight excluding hydrogens is 457 g/mol. The molecular formula is C18H16ClF3N6O2S. The topological polar surface area (TPSA) is 120 Å². The predicted octanol–water partition coefficient (Wildman–Crippen LogP) is 3.17. The smallest absolute Gasteiger partial charge is 0.390 e. The van der Waals surface area contributed by atoms with Gasteiger partial charge in [-0.25, -0.2) is 13.6 Å². The second-order valence-electron chi connectivity index (χ2n) is 6.82. The number of anilines is 3. The zero-order chi connectivity index (χ0) is 22.3. The molecule has 0 amide bonds. The number of benzene rings is 2. The third-order valence-electron chi connectivity index (χ3n) is 4.56. The third kappa shape index (κ3) is 4.51. The van der Waals surface area contributed by atoms with Crippen LogP contribution in [0.5, 0.6) is 0 Å². The molecule has 164 valence electrons. The number of aromatic nitrogens is 3. The number of alkyl halides is 3. The molecule has 0 aliphatic carbocycles. The van der Waals surface area contributed by atoms with E-state index in [-0.39, 0.29) is 46.8 Å². The van der Waals surface area contributed by atoms with Gasteiger partial charge >= 0.3 is 6.18 Å². The Morgan fingerprint density at radius 3 is 2.48 bits per heavy atom. The van der Waals surface area contributed by atoms with Crippen LogP contribution in [0.4, 0.5) is 30.8 Å². The van der Waals surface area contributed by atoms with Crippen LogP contribution in [0.15, 0.2) is 41.3 Å². The van der Waals surface area contributed by atoms with Crippen molar-refractivity contribution in [2.75, 3.05) is 24.1 Å². The molecule has 31 heavy (non-hydrogen) atoms. The lowest BCUT2D eigenvalue weighted by Gasteiger charge is -2.34. The normalized spacial score (nSPS) is 16.2. The van der Waals surface area contributed by atoms with Crippen LogP contribution in [0.2, 0.25) is 5.02 Å². The molecule has 1 atom stereocenters. The number of hydrogen-bond acceptors (Lipinski definition) is 6. The number of β-amino-alcohol motifs (C(OH)–C–C–N with tert-alkyl or cyclic N) is 1. The number of nitrogens with one attached hydrogen (secondary N) is 2. The van der Waals surface area contributed by atoms with Gasteiger partial charge in [-0.15, -0.1) is 5.10 Å². The molecule has 4 rings (SSSR count). The first-order chi connectivity index (χ1) is 14.6. The first kappa shape index (κ1) is 21.6. The monoisotopic (exact) mass is 472 g/mol. The summed E-state index contributed by atoms with van der Waals surface area (Å²) >= 11 is 6.24. The number of nitrogen functional groups attached to an aromatic ring is 1. The van der Waals surface area contributed by atoms with Crippen LogP contribution in [0, 0.1) is 0 Å². The summed E-state index contributed by atoms with van der Waals surface area (Å²) < 4.78 is 55.4. The Morgan fingerprint density at radius 1 is 1.26 bits per heavy atom. The summed E-state index contributed by atoms with van der Waals surface area (Å²) in [5, 5.41) is 17.9. The van der Waals surface area contributed by atoms with Crippen molar-refractivity contribution in [1.82, 2.24) is 19.5 Å². The minimum atomic E-state index is -4.69. The molecule has 1 aliphatic heterocycles. The van der Waals surface area contributed by atoms with E-state index >= 15 is 0 Å². The van der Waals surface area contributed by atoms with Gasteiger partial charge in [0.05, 0.1) is 21.6 Å². The third-order valence-corrected chi connectivity index (χ3v) is 6.30. The van der Waals surface area contributed by atoms with E-state index in [1.165, 1.54) is 30.3 Å². The Hall–Kier alpha value is -2.67. The van der Waals surface area contributed by atoms with E-state index in [0.717, 1.165) is 6.07 Å². The second kappa shape index (κ2) is 8.11. The van der Waals surface area contributed by atoms with Gasteiger partial charge < -0.3 is 16.2 Å². The Balaban J connectivity index is 1.67. The number of aliphatic hydroxyl groups excluding tert-OH is 1. The van der Waals surface area contributed by atoms with Crippen molar-refractivity contribution >= 4 is 40.2 Å². The van der Waals surface area contributed by atoms with E-state index in [1.807, 2.05) is 0 Å². The summed E-state index contributed by atoms with van der Waals surface area (Å²) in [7, 11) is -1.50. The average molecular weight is 473 g/mol. The minimum Gasteiger partial charge on any atom is -0.390 e. The fourth-order valence-corrected chi connectivity index (χ4v) is 4.70. The van der Waals surface area contributed by atoms with Gasteiger partial charge in [-0.3, -0.25) is 0 Å². The Bertz CT molecular complexity index is 1130.